The minimum absolute atomic E-state index is 0.0333. The molecule has 0 saturated carbocycles. The van der Waals surface area contributed by atoms with E-state index in [1.54, 1.807) is 0 Å². The van der Waals surface area contributed by atoms with Gasteiger partial charge in [0.15, 0.2) is 0 Å². The standard InChI is InChI=1S/C10H14F2N2O3/c1-9(11,12)8-13-7(17-14-8)6-10(15)2-4-16-5-3-10/h15H,2-6H2,1H3. The topological polar surface area (TPSA) is 68.4 Å². The van der Waals surface area contributed by atoms with Gasteiger partial charge in [0, 0.05) is 33.0 Å². The largest absolute Gasteiger partial charge is 0.389 e. The number of rotatable bonds is 3. The molecule has 1 aromatic rings. The fourth-order valence-corrected chi connectivity index (χ4v) is 1.71. The first-order valence-electron chi connectivity index (χ1n) is 5.40. The molecule has 0 unspecified atom stereocenters. The zero-order chi connectivity index (χ0) is 12.5. The van der Waals surface area contributed by atoms with Crippen LogP contribution in [0.1, 0.15) is 31.5 Å². The van der Waals surface area contributed by atoms with E-state index in [9.17, 15) is 13.9 Å². The van der Waals surface area contributed by atoms with Gasteiger partial charge >= 0.3 is 5.92 Å². The van der Waals surface area contributed by atoms with Crippen LogP contribution in [0.15, 0.2) is 4.52 Å². The zero-order valence-electron chi connectivity index (χ0n) is 9.45. The van der Waals surface area contributed by atoms with Crippen LogP contribution in [0.5, 0.6) is 0 Å². The molecule has 1 N–H and O–H groups in total. The summed E-state index contributed by atoms with van der Waals surface area (Å²) in [6.45, 7) is 1.59. The molecule has 2 rings (SSSR count). The molecular formula is C10H14F2N2O3. The van der Waals surface area contributed by atoms with Gasteiger partial charge in [0.1, 0.15) is 0 Å². The van der Waals surface area contributed by atoms with Crippen molar-refractivity contribution >= 4 is 0 Å². The van der Waals surface area contributed by atoms with Gasteiger partial charge in [0.05, 0.1) is 12.0 Å². The molecule has 0 amide bonds. The Bertz CT molecular complexity index is 383. The van der Waals surface area contributed by atoms with Crippen LogP contribution >= 0.6 is 0 Å². The monoisotopic (exact) mass is 248 g/mol. The van der Waals surface area contributed by atoms with Gasteiger partial charge < -0.3 is 14.4 Å². The molecule has 1 fully saturated rings. The molecule has 1 aliphatic rings. The van der Waals surface area contributed by atoms with Crippen LogP contribution in [-0.2, 0) is 17.1 Å². The van der Waals surface area contributed by atoms with Gasteiger partial charge in [-0.1, -0.05) is 5.16 Å². The molecule has 0 bridgehead atoms. The number of nitrogens with zero attached hydrogens (tertiary/aromatic N) is 2. The first-order chi connectivity index (χ1) is 7.89. The summed E-state index contributed by atoms with van der Waals surface area (Å²) >= 11 is 0. The Kier molecular flexibility index (Phi) is 3.13. The molecule has 0 aliphatic carbocycles. The van der Waals surface area contributed by atoms with Crippen LogP contribution in [0, 0.1) is 0 Å². The van der Waals surface area contributed by atoms with Crippen molar-refractivity contribution in [2.75, 3.05) is 13.2 Å². The maximum atomic E-state index is 12.9. The second-order valence-corrected chi connectivity index (χ2v) is 4.41. The number of halogens is 2. The van der Waals surface area contributed by atoms with Crippen molar-refractivity contribution in [3.8, 4) is 0 Å². The average molecular weight is 248 g/mol. The van der Waals surface area contributed by atoms with Crippen molar-refractivity contribution in [2.24, 2.45) is 0 Å². The minimum Gasteiger partial charge on any atom is -0.389 e. The predicted molar refractivity (Wildman–Crippen MR) is 52.6 cm³/mol. The summed E-state index contributed by atoms with van der Waals surface area (Å²) in [7, 11) is 0. The van der Waals surface area contributed by atoms with E-state index < -0.39 is 17.3 Å². The first-order valence-corrected chi connectivity index (χ1v) is 5.40. The fourth-order valence-electron chi connectivity index (χ4n) is 1.71. The van der Waals surface area contributed by atoms with Gasteiger partial charge in [-0.05, 0) is 0 Å². The summed E-state index contributed by atoms with van der Waals surface area (Å²) in [5.74, 6) is -3.74. The van der Waals surface area contributed by atoms with Crippen LogP contribution < -0.4 is 0 Å². The van der Waals surface area contributed by atoms with Crippen LogP contribution in [-0.4, -0.2) is 34.1 Å². The van der Waals surface area contributed by atoms with E-state index in [4.69, 9.17) is 9.26 Å². The molecular weight excluding hydrogens is 234 g/mol. The summed E-state index contributed by atoms with van der Waals surface area (Å²) in [6.07, 6.45) is 0.958. The molecule has 2 heterocycles. The number of ether oxygens (including phenoxy) is 1. The Morgan fingerprint density at radius 1 is 1.41 bits per heavy atom. The molecule has 5 nitrogen and oxygen atoms in total. The van der Waals surface area contributed by atoms with Gasteiger partial charge in [0.25, 0.3) is 0 Å². The van der Waals surface area contributed by atoms with Crippen LogP contribution in [0.4, 0.5) is 8.78 Å². The summed E-state index contributed by atoms with van der Waals surface area (Å²) in [4.78, 5) is 3.59. The Labute approximate surface area is 96.8 Å². The normalized spacial score (nSPS) is 20.5. The highest BCUT2D eigenvalue weighted by molar-refractivity contribution is 4.97. The smallest absolute Gasteiger partial charge is 0.307 e. The molecule has 96 valence electrons. The Morgan fingerprint density at radius 3 is 2.59 bits per heavy atom. The van der Waals surface area contributed by atoms with E-state index in [0.717, 1.165) is 0 Å². The third kappa shape index (κ3) is 2.98. The van der Waals surface area contributed by atoms with Crippen LogP contribution in [0.3, 0.4) is 0 Å². The number of alkyl halides is 2. The van der Waals surface area contributed by atoms with E-state index in [1.807, 2.05) is 0 Å². The minimum atomic E-state index is -3.12. The quantitative estimate of drug-likeness (QED) is 0.872. The second kappa shape index (κ2) is 4.30. The first kappa shape index (κ1) is 12.4. The van der Waals surface area contributed by atoms with E-state index in [0.29, 0.717) is 33.0 Å². The number of hydrogen-bond acceptors (Lipinski definition) is 5. The third-order valence-corrected chi connectivity index (χ3v) is 2.76. The molecule has 1 aromatic heterocycles. The van der Waals surface area contributed by atoms with Crippen molar-refractivity contribution < 1.29 is 23.1 Å². The van der Waals surface area contributed by atoms with Gasteiger partial charge in [0.2, 0.25) is 11.7 Å². The Hall–Kier alpha value is -1.08. The van der Waals surface area contributed by atoms with E-state index in [-0.39, 0.29) is 12.3 Å². The fraction of sp³-hybridized carbons (Fsp3) is 0.800. The maximum absolute atomic E-state index is 12.9. The third-order valence-electron chi connectivity index (χ3n) is 2.76. The molecule has 17 heavy (non-hydrogen) atoms. The number of aromatic nitrogens is 2. The van der Waals surface area contributed by atoms with Gasteiger partial charge in [-0.15, -0.1) is 0 Å². The molecule has 1 aliphatic heterocycles. The van der Waals surface area contributed by atoms with Gasteiger partial charge in [-0.2, -0.15) is 13.8 Å². The molecule has 7 heteroatoms. The lowest BCUT2D eigenvalue weighted by Gasteiger charge is -2.30. The Balaban J connectivity index is 2.06. The summed E-state index contributed by atoms with van der Waals surface area (Å²) < 4.78 is 35.6. The highest BCUT2D eigenvalue weighted by Gasteiger charge is 2.35. The molecule has 0 aromatic carbocycles. The lowest BCUT2D eigenvalue weighted by atomic mass is 9.91. The van der Waals surface area contributed by atoms with Crippen molar-refractivity contribution in [1.82, 2.24) is 10.1 Å². The lowest BCUT2D eigenvalue weighted by molar-refractivity contribution is -0.0661. The predicted octanol–water partition coefficient (Wildman–Crippen LogP) is 1.27. The maximum Gasteiger partial charge on any atom is 0.307 e. The zero-order valence-corrected chi connectivity index (χ0v) is 9.45. The highest BCUT2D eigenvalue weighted by atomic mass is 19.3. The van der Waals surface area contributed by atoms with Crippen LogP contribution in [0.25, 0.3) is 0 Å². The summed E-state index contributed by atoms with van der Waals surface area (Å²) in [5.41, 5.74) is -0.995. The summed E-state index contributed by atoms with van der Waals surface area (Å²) in [5, 5.41) is 13.3. The van der Waals surface area contributed by atoms with Gasteiger partial charge in [-0.3, -0.25) is 0 Å². The van der Waals surface area contributed by atoms with Crippen molar-refractivity contribution in [3.63, 3.8) is 0 Å². The molecule has 0 atom stereocenters. The van der Waals surface area contributed by atoms with Gasteiger partial charge in [-0.25, -0.2) is 0 Å². The number of aliphatic hydroxyl groups is 1. The van der Waals surface area contributed by atoms with Crippen molar-refractivity contribution in [2.45, 2.75) is 37.7 Å². The second-order valence-electron chi connectivity index (χ2n) is 4.41. The molecule has 1 saturated heterocycles. The highest BCUT2D eigenvalue weighted by Crippen LogP contribution is 2.27. The SMILES string of the molecule is CC(F)(F)c1noc(CC2(O)CCOCC2)n1. The van der Waals surface area contributed by atoms with Crippen molar-refractivity contribution in [1.29, 1.82) is 0 Å². The van der Waals surface area contributed by atoms with E-state index in [2.05, 4.69) is 10.1 Å². The van der Waals surface area contributed by atoms with E-state index >= 15 is 0 Å². The van der Waals surface area contributed by atoms with Crippen LogP contribution in [0.2, 0.25) is 0 Å². The summed E-state index contributed by atoms with van der Waals surface area (Å²) in [6, 6.07) is 0. The lowest BCUT2D eigenvalue weighted by Crippen LogP contribution is -2.38. The average Bonchev–Trinajstić information content (AvgIpc) is 2.66. The Morgan fingerprint density at radius 2 is 2.06 bits per heavy atom. The number of hydrogen-bond donors (Lipinski definition) is 1. The molecule has 0 radical (unpaired) electrons. The van der Waals surface area contributed by atoms with E-state index in [1.165, 1.54) is 0 Å². The van der Waals surface area contributed by atoms with Crippen molar-refractivity contribution in [3.05, 3.63) is 11.7 Å². The molecule has 0 spiro atoms.